The molecule has 2 amide bonds. The fourth-order valence-electron chi connectivity index (χ4n) is 1.36. The van der Waals surface area contributed by atoms with Crippen LogP contribution in [0.1, 0.15) is 12.5 Å². The van der Waals surface area contributed by atoms with Gasteiger partial charge in [0.1, 0.15) is 12.4 Å². The number of carbonyl (C=O) groups is 2. The van der Waals surface area contributed by atoms with Gasteiger partial charge in [-0.15, -0.1) is 0 Å². The number of amides is 2. The molecule has 0 aliphatic rings. The molecule has 0 aliphatic heterocycles. The van der Waals surface area contributed by atoms with Gasteiger partial charge in [0.2, 0.25) is 0 Å². The highest BCUT2D eigenvalue weighted by Gasteiger charge is 2.34. The van der Waals surface area contributed by atoms with Gasteiger partial charge in [0, 0.05) is 5.69 Å². The number of anilines is 1. The Morgan fingerprint density at radius 1 is 1.29 bits per heavy atom. The number of ether oxygens (including phenoxy) is 1. The lowest BCUT2D eigenvalue weighted by molar-refractivity contribution is -0.142. The predicted octanol–water partition coefficient (Wildman–Crippen LogP) is 2.53. The summed E-state index contributed by atoms with van der Waals surface area (Å²) in [6.45, 7) is 1.27. The quantitative estimate of drug-likeness (QED) is 0.663. The third-order valence-corrected chi connectivity index (χ3v) is 2.23. The van der Waals surface area contributed by atoms with Gasteiger partial charge in [0.05, 0.1) is 12.2 Å². The molecule has 0 aliphatic carbocycles. The van der Waals surface area contributed by atoms with Crippen molar-refractivity contribution in [3.05, 3.63) is 29.6 Å². The van der Waals surface area contributed by atoms with Crippen LogP contribution in [0.5, 0.6) is 0 Å². The Hall–Kier alpha value is -2.32. The number of benzene rings is 1. The standard InChI is InChI=1S/C12H12F4N2O3/c1-2-21-10(19)6-17-11(20)18-7-3-4-9(13)8(5-7)12(14,15)16/h3-5H,2,6H2,1H3,(H2,17,18,20). The molecule has 1 aromatic rings. The van der Waals surface area contributed by atoms with E-state index in [1.807, 2.05) is 0 Å². The van der Waals surface area contributed by atoms with E-state index in [-0.39, 0.29) is 12.3 Å². The minimum Gasteiger partial charge on any atom is -0.465 e. The van der Waals surface area contributed by atoms with Crippen LogP contribution in [0.2, 0.25) is 0 Å². The third-order valence-electron chi connectivity index (χ3n) is 2.23. The SMILES string of the molecule is CCOC(=O)CNC(=O)Nc1ccc(F)c(C(F)(F)F)c1. The zero-order chi connectivity index (χ0) is 16.0. The summed E-state index contributed by atoms with van der Waals surface area (Å²) in [5.41, 5.74) is -1.75. The maximum atomic E-state index is 13.0. The number of carbonyl (C=O) groups excluding carboxylic acids is 2. The number of rotatable bonds is 4. The molecule has 0 saturated carbocycles. The van der Waals surface area contributed by atoms with E-state index in [2.05, 4.69) is 15.4 Å². The van der Waals surface area contributed by atoms with Gasteiger partial charge in [-0.1, -0.05) is 0 Å². The van der Waals surface area contributed by atoms with E-state index >= 15 is 0 Å². The molecule has 0 heterocycles. The van der Waals surface area contributed by atoms with Gasteiger partial charge in [-0.3, -0.25) is 4.79 Å². The highest BCUT2D eigenvalue weighted by atomic mass is 19.4. The predicted molar refractivity (Wildman–Crippen MR) is 65.1 cm³/mol. The van der Waals surface area contributed by atoms with Crippen molar-refractivity contribution in [3.63, 3.8) is 0 Å². The molecule has 0 bridgehead atoms. The molecule has 0 fully saturated rings. The van der Waals surface area contributed by atoms with E-state index in [9.17, 15) is 27.2 Å². The van der Waals surface area contributed by atoms with E-state index in [0.29, 0.717) is 12.1 Å². The molecule has 9 heteroatoms. The molecule has 21 heavy (non-hydrogen) atoms. The first-order chi connectivity index (χ1) is 9.74. The number of urea groups is 1. The lowest BCUT2D eigenvalue weighted by Crippen LogP contribution is -2.34. The van der Waals surface area contributed by atoms with Crippen LogP contribution in [0, 0.1) is 5.82 Å². The molecule has 0 spiro atoms. The van der Waals surface area contributed by atoms with Gasteiger partial charge in [-0.2, -0.15) is 13.2 Å². The summed E-state index contributed by atoms with van der Waals surface area (Å²) in [6.07, 6.45) is -4.87. The minimum atomic E-state index is -4.87. The van der Waals surface area contributed by atoms with E-state index < -0.39 is 36.1 Å². The van der Waals surface area contributed by atoms with Gasteiger partial charge in [-0.05, 0) is 25.1 Å². The van der Waals surface area contributed by atoms with Crippen molar-refractivity contribution in [2.45, 2.75) is 13.1 Å². The van der Waals surface area contributed by atoms with Crippen LogP contribution in [0.15, 0.2) is 18.2 Å². The van der Waals surface area contributed by atoms with Crippen LogP contribution in [0.4, 0.5) is 28.0 Å². The fraction of sp³-hybridized carbons (Fsp3) is 0.333. The van der Waals surface area contributed by atoms with E-state index in [1.165, 1.54) is 0 Å². The van der Waals surface area contributed by atoms with Crippen molar-refractivity contribution in [1.29, 1.82) is 0 Å². The molecular formula is C12H12F4N2O3. The average Bonchev–Trinajstić information content (AvgIpc) is 2.38. The Labute approximate surface area is 117 Å². The summed E-state index contributed by atoms with van der Waals surface area (Å²) >= 11 is 0. The fourth-order valence-corrected chi connectivity index (χ4v) is 1.36. The Morgan fingerprint density at radius 3 is 2.52 bits per heavy atom. The topological polar surface area (TPSA) is 67.4 Å². The van der Waals surface area contributed by atoms with E-state index in [4.69, 9.17) is 0 Å². The largest absolute Gasteiger partial charge is 0.465 e. The van der Waals surface area contributed by atoms with Gasteiger partial charge in [-0.25, -0.2) is 9.18 Å². The molecule has 0 aromatic heterocycles. The number of hydrogen-bond donors (Lipinski definition) is 2. The van der Waals surface area contributed by atoms with Gasteiger partial charge >= 0.3 is 18.2 Å². The molecule has 0 unspecified atom stereocenters. The van der Waals surface area contributed by atoms with Crippen molar-refractivity contribution < 1.29 is 31.9 Å². The Balaban J connectivity index is 2.67. The van der Waals surface area contributed by atoms with E-state index in [0.717, 1.165) is 6.07 Å². The van der Waals surface area contributed by atoms with E-state index in [1.54, 1.807) is 6.92 Å². The first-order valence-electron chi connectivity index (χ1n) is 5.81. The van der Waals surface area contributed by atoms with Crippen LogP contribution in [0.3, 0.4) is 0 Å². The molecule has 0 atom stereocenters. The van der Waals surface area contributed by atoms with Crippen LogP contribution >= 0.6 is 0 Å². The van der Waals surface area contributed by atoms with Gasteiger partial charge in [0.15, 0.2) is 0 Å². The summed E-state index contributed by atoms with van der Waals surface area (Å²) in [5.74, 6) is -2.14. The maximum Gasteiger partial charge on any atom is 0.419 e. The second-order valence-electron chi connectivity index (χ2n) is 3.81. The molecule has 0 radical (unpaired) electrons. The molecular weight excluding hydrogens is 296 g/mol. The number of hydrogen-bond acceptors (Lipinski definition) is 3. The molecule has 0 saturated heterocycles. The van der Waals surface area contributed by atoms with Crippen LogP contribution in [0.25, 0.3) is 0 Å². The number of alkyl halides is 3. The number of nitrogens with one attached hydrogen (secondary N) is 2. The second kappa shape index (κ2) is 6.91. The smallest absolute Gasteiger partial charge is 0.419 e. The molecule has 2 N–H and O–H groups in total. The average molecular weight is 308 g/mol. The van der Waals surface area contributed by atoms with Crippen molar-refractivity contribution >= 4 is 17.7 Å². The van der Waals surface area contributed by atoms with Crippen molar-refractivity contribution in [3.8, 4) is 0 Å². The molecule has 116 valence electrons. The zero-order valence-corrected chi connectivity index (χ0v) is 10.9. The van der Waals surface area contributed by atoms with Crippen LogP contribution in [-0.4, -0.2) is 25.2 Å². The lowest BCUT2D eigenvalue weighted by atomic mass is 10.2. The maximum absolute atomic E-state index is 13.0. The summed E-state index contributed by atoms with van der Waals surface area (Å²) in [7, 11) is 0. The molecule has 5 nitrogen and oxygen atoms in total. The summed E-state index contributed by atoms with van der Waals surface area (Å²) in [4.78, 5) is 22.3. The van der Waals surface area contributed by atoms with Crippen molar-refractivity contribution in [1.82, 2.24) is 5.32 Å². The summed E-state index contributed by atoms with van der Waals surface area (Å²) in [6, 6.07) is 1.10. The Morgan fingerprint density at radius 2 is 1.95 bits per heavy atom. The lowest BCUT2D eigenvalue weighted by Gasteiger charge is -2.11. The molecule has 1 aromatic carbocycles. The van der Waals surface area contributed by atoms with Crippen LogP contribution in [-0.2, 0) is 15.7 Å². The van der Waals surface area contributed by atoms with Gasteiger partial charge < -0.3 is 15.4 Å². The molecule has 1 rings (SSSR count). The first-order valence-corrected chi connectivity index (χ1v) is 5.81. The highest BCUT2D eigenvalue weighted by molar-refractivity contribution is 5.91. The minimum absolute atomic E-state index is 0.134. The highest BCUT2D eigenvalue weighted by Crippen LogP contribution is 2.32. The Kier molecular flexibility index (Phi) is 5.51. The third kappa shape index (κ3) is 5.28. The van der Waals surface area contributed by atoms with Gasteiger partial charge in [0.25, 0.3) is 0 Å². The second-order valence-corrected chi connectivity index (χ2v) is 3.81. The van der Waals surface area contributed by atoms with Crippen molar-refractivity contribution in [2.24, 2.45) is 0 Å². The van der Waals surface area contributed by atoms with Crippen LogP contribution < -0.4 is 10.6 Å². The first kappa shape index (κ1) is 16.7. The number of esters is 1. The normalized spacial score (nSPS) is 10.9. The number of halogens is 4. The summed E-state index contributed by atoms with van der Waals surface area (Å²) in [5, 5.41) is 4.14. The van der Waals surface area contributed by atoms with Crippen molar-refractivity contribution in [2.75, 3.05) is 18.5 Å². The Bertz CT molecular complexity index is 532. The summed E-state index contributed by atoms with van der Waals surface area (Å²) < 4.78 is 55.0. The monoisotopic (exact) mass is 308 g/mol. The zero-order valence-electron chi connectivity index (χ0n) is 10.9.